The summed E-state index contributed by atoms with van der Waals surface area (Å²) in [5, 5.41) is 30.2. The number of hydrogen-bond donors (Lipinski definition) is 3. The Kier molecular flexibility index (Phi) is 14.3. The molecule has 9 nitrogen and oxygen atoms in total. The molecule has 9 heteroatoms. The number of β-amino-alcohol motifs (C(OH)–C–C–N with tert-alkyl or cyclic N) is 3. The van der Waals surface area contributed by atoms with Crippen molar-refractivity contribution in [3.63, 3.8) is 0 Å². The fraction of sp³-hybridized carbons (Fsp3) is 0.955. The van der Waals surface area contributed by atoms with Crippen molar-refractivity contribution in [1.82, 2.24) is 19.6 Å². The van der Waals surface area contributed by atoms with E-state index >= 15 is 0 Å². The molecule has 31 heavy (non-hydrogen) atoms. The third kappa shape index (κ3) is 12.6. The fourth-order valence-electron chi connectivity index (χ4n) is 3.97. The lowest BCUT2D eigenvalue weighted by atomic mass is 10.1. The van der Waals surface area contributed by atoms with Crippen LogP contribution in [0.3, 0.4) is 0 Å². The van der Waals surface area contributed by atoms with Crippen molar-refractivity contribution in [3.05, 3.63) is 0 Å². The van der Waals surface area contributed by atoms with Gasteiger partial charge in [0.1, 0.15) is 0 Å². The lowest BCUT2D eigenvalue weighted by Crippen LogP contribution is -2.50. The number of unbranched alkanes of at least 4 members (excludes halogenated alkanes) is 1. The van der Waals surface area contributed by atoms with Gasteiger partial charge in [0.25, 0.3) is 0 Å². The van der Waals surface area contributed by atoms with Gasteiger partial charge in [-0.25, -0.2) is 4.79 Å². The van der Waals surface area contributed by atoms with Gasteiger partial charge in [-0.05, 0) is 20.3 Å². The van der Waals surface area contributed by atoms with Gasteiger partial charge in [-0.15, -0.1) is 0 Å². The summed E-state index contributed by atoms with van der Waals surface area (Å²) in [6.07, 6.45) is 1.22. The number of aliphatic hydroxyl groups excluding tert-OH is 3. The number of carbonyl (C=O) groups is 1. The Balaban J connectivity index is 2.90. The molecule has 0 spiro atoms. The maximum Gasteiger partial charge on any atom is 0.409 e. The molecule has 1 amide bonds. The van der Waals surface area contributed by atoms with Crippen molar-refractivity contribution in [2.24, 2.45) is 0 Å². The standard InChI is InChI=1S/C22H46N4O5/c1-5-6-7-21(29)18-25-11-10-23(16-19(2)27)8-9-24(17-20(3)28)12-14-26(15-13-25)22(30)31-4/h19-21,27-29H,5-18H2,1-4H3. The molecule has 1 saturated heterocycles. The molecule has 0 bridgehead atoms. The van der Waals surface area contributed by atoms with E-state index in [9.17, 15) is 20.1 Å². The summed E-state index contributed by atoms with van der Waals surface area (Å²) in [7, 11) is 1.40. The quantitative estimate of drug-likeness (QED) is 0.465. The molecule has 1 heterocycles. The van der Waals surface area contributed by atoms with Crippen LogP contribution in [0.4, 0.5) is 4.79 Å². The van der Waals surface area contributed by atoms with Crippen LogP contribution in [0.1, 0.15) is 40.0 Å². The molecular weight excluding hydrogens is 400 g/mol. The predicted octanol–water partition coefficient (Wildman–Crippen LogP) is 0.287. The summed E-state index contributed by atoms with van der Waals surface area (Å²) >= 11 is 0. The Hall–Kier alpha value is -0.970. The van der Waals surface area contributed by atoms with Gasteiger partial charge >= 0.3 is 6.09 Å². The molecule has 1 fully saturated rings. The number of rotatable bonds is 9. The number of nitrogens with zero attached hydrogens (tertiary/aromatic N) is 4. The molecule has 1 aliphatic heterocycles. The van der Waals surface area contributed by atoms with Crippen LogP contribution in [0.2, 0.25) is 0 Å². The Labute approximate surface area is 188 Å². The largest absolute Gasteiger partial charge is 0.453 e. The van der Waals surface area contributed by atoms with E-state index in [1.54, 1.807) is 18.7 Å². The summed E-state index contributed by atoms with van der Waals surface area (Å²) in [6.45, 7) is 12.7. The van der Waals surface area contributed by atoms with Crippen molar-refractivity contribution in [2.75, 3.05) is 79.1 Å². The van der Waals surface area contributed by atoms with E-state index in [-0.39, 0.29) is 12.2 Å². The zero-order valence-corrected chi connectivity index (χ0v) is 20.1. The minimum atomic E-state index is -0.454. The van der Waals surface area contributed by atoms with Crippen LogP contribution in [0.5, 0.6) is 0 Å². The average Bonchev–Trinajstić information content (AvgIpc) is 2.70. The Bertz CT molecular complexity index is 481. The van der Waals surface area contributed by atoms with E-state index in [4.69, 9.17) is 4.74 Å². The number of carbonyl (C=O) groups excluding carboxylic acids is 1. The Morgan fingerprint density at radius 1 is 0.806 bits per heavy atom. The second kappa shape index (κ2) is 15.8. The summed E-state index contributed by atoms with van der Waals surface area (Å²) in [4.78, 5) is 20.6. The monoisotopic (exact) mass is 446 g/mol. The first kappa shape index (κ1) is 28.1. The summed E-state index contributed by atoms with van der Waals surface area (Å²) < 4.78 is 4.98. The summed E-state index contributed by atoms with van der Waals surface area (Å²) in [6, 6.07) is 0. The first-order valence-electron chi connectivity index (χ1n) is 11.8. The smallest absolute Gasteiger partial charge is 0.409 e. The van der Waals surface area contributed by atoms with Gasteiger partial charge in [0.2, 0.25) is 0 Å². The van der Waals surface area contributed by atoms with Crippen molar-refractivity contribution in [1.29, 1.82) is 0 Å². The van der Waals surface area contributed by atoms with Crippen LogP contribution in [-0.4, -0.2) is 138 Å². The van der Waals surface area contributed by atoms with E-state index in [0.29, 0.717) is 45.8 Å². The molecule has 0 aromatic heterocycles. The SMILES string of the molecule is CCCCC(O)CN1CCN(CC(C)O)CCN(CC(C)O)CCN(C(=O)OC)CC1. The highest BCUT2D eigenvalue weighted by Gasteiger charge is 2.21. The Morgan fingerprint density at radius 2 is 1.23 bits per heavy atom. The molecule has 1 rings (SSSR count). The normalized spacial score (nSPS) is 21.7. The zero-order chi connectivity index (χ0) is 23.2. The lowest BCUT2D eigenvalue weighted by Gasteiger charge is -2.35. The van der Waals surface area contributed by atoms with E-state index in [0.717, 1.165) is 45.4 Å². The number of amides is 1. The summed E-state index contributed by atoms with van der Waals surface area (Å²) in [5.74, 6) is 0. The maximum absolute atomic E-state index is 12.3. The van der Waals surface area contributed by atoms with Gasteiger partial charge in [-0.2, -0.15) is 0 Å². The molecule has 3 N–H and O–H groups in total. The van der Waals surface area contributed by atoms with E-state index in [2.05, 4.69) is 21.6 Å². The van der Waals surface area contributed by atoms with Gasteiger partial charge in [0.15, 0.2) is 0 Å². The third-order valence-corrected chi connectivity index (χ3v) is 5.67. The Morgan fingerprint density at radius 3 is 1.61 bits per heavy atom. The van der Waals surface area contributed by atoms with Crippen molar-refractivity contribution < 1.29 is 24.9 Å². The molecule has 3 unspecified atom stereocenters. The van der Waals surface area contributed by atoms with Gasteiger partial charge < -0.3 is 25.0 Å². The van der Waals surface area contributed by atoms with E-state index in [1.165, 1.54) is 7.11 Å². The molecule has 0 saturated carbocycles. The van der Waals surface area contributed by atoms with Crippen LogP contribution in [-0.2, 0) is 4.74 Å². The van der Waals surface area contributed by atoms with Gasteiger partial charge in [0, 0.05) is 72.0 Å². The molecular formula is C22H46N4O5. The molecule has 0 aliphatic carbocycles. The third-order valence-electron chi connectivity index (χ3n) is 5.67. The predicted molar refractivity (Wildman–Crippen MR) is 122 cm³/mol. The molecule has 0 radical (unpaired) electrons. The highest BCUT2D eigenvalue weighted by Crippen LogP contribution is 2.07. The highest BCUT2D eigenvalue weighted by atomic mass is 16.5. The molecule has 1 aliphatic rings. The highest BCUT2D eigenvalue weighted by molar-refractivity contribution is 5.67. The number of ether oxygens (including phenoxy) is 1. The zero-order valence-electron chi connectivity index (χ0n) is 20.1. The van der Waals surface area contributed by atoms with Crippen molar-refractivity contribution >= 4 is 6.09 Å². The van der Waals surface area contributed by atoms with Crippen molar-refractivity contribution in [3.8, 4) is 0 Å². The van der Waals surface area contributed by atoms with Gasteiger partial charge in [-0.3, -0.25) is 14.7 Å². The van der Waals surface area contributed by atoms with E-state index in [1.807, 2.05) is 0 Å². The fourth-order valence-corrected chi connectivity index (χ4v) is 3.97. The lowest BCUT2D eigenvalue weighted by molar-refractivity contribution is 0.0586. The van der Waals surface area contributed by atoms with Crippen LogP contribution in [0.25, 0.3) is 0 Å². The van der Waals surface area contributed by atoms with Gasteiger partial charge in [0.05, 0.1) is 25.4 Å². The molecule has 184 valence electrons. The minimum absolute atomic E-state index is 0.351. The van der Waals surface area contributed by atoms with Gasteiger partial charge in [-0.1, -0.05) is 19.8 Å². The average molecular weight is 447 g/mol. The van der Waals surface area contributed by atoms with Crippen LogP contribution < -0.4 is 0 Å². The first-order chi connectivity index (χ1) is 14.7. The second-order valence-electron chi connectivity index (χ2n) is 8.85. The van der Waals surface area contributed by atoms with E-state index < -0.39 is 12.2 Å². The first-order valence-corrected chi connectivity index (χ1v) is 11.8. The number of aliphatic hydroxyl groups is 3. The summed E-state index contributed by atoms with van der Waals surface area (Å²) in [5.41, 5.74) is 0. The van der Waals surface area contributed by atoms with Crippen LogP contribution in [0.15, 0.2) is 0 Å². The van der Waals surface area contributed by atoms with Crippen LogP contribution in [0, 0.1) is 0 Å². The number of hydrogen-bond acceptors (Lipinski definition) is 8. The molecule has 0 aromatic rings. The minimum Gasteiger partial charge on any atom is -0.453 e. The second-order valence-corrected chi connectivity index (χ2v) is 8.85. The maximum atomic E-state index is 12.3. The van der Waals surface area contributed by atoms with Crippen LogP contribution >= 0.6 is 0 Å². The molecule has 0 aromatic carbocycles. The van der Waals surface area contributed by atoms with Crippen molar-refractivity contribution in [2.45, 2.75) is 58.3 Å². The number of methoxy groups -OCH3 is 1. The topological polar surface area (TPSA) is 100.0 Å². The molecule has 3 atom stereocenters.